The highest BCUT2D eigenvalue weighted by atomic mass is 32.2. The van der Waals surface area contributed by atoms with E-state index >= 15 is 0 Å². The van der Waals surface area contributed by atoms with Crippen molar-refractivity contribution in [1.29, 1.82) is 0 Å². The zero-order chi connectivity index (χ0) is 21.0. The molecule has 2 aromatic heterocycles. The first-order chi connectivity index (χ1) is 13.9. The Balaban J connectivity index is 1.67. The van der Waals surface area contributed by atoms with Crippen LogP contribution in [0.4, 0.5) is 5.69 Å². The van der Waals surface area contributed by atoms with Crippen molar-refractivity contribution in [3.05, 3.63) is 41.0 Å². The molecule has 0 aliphatic heterocycles. The first-order valence-corrected chi connectivity index (χ1v) is 11.1. The van der Waals surface area contributed by atoms with Gasteiger partial charge in [0.25, 0.3) is 0 Å². The van der Waals surface area contributed by atoms with Crippen LogP contribution in [0.3, 0.4) is 0 Å². The molecule has 2 aromatic rings. The lowest BCUT2D eigenvalue weighted by molar-refractivity contribution is 0.336. The van der Waals surface area contributed by atoms with Crippen LogP contribution in [0.2, 0.25) is 0 Å². The first-order valence-electron chi connectivity index (χ1n) is 9.47. The van der Waals surface area contributed by atoms with Gasteiger partial charge in [0.05, 0.1) is 25.6 Å². The smallest absolute Gasteiger partial charge is 0.165 e. The molecule has 0 saturated heterocycles. The summed E-state index contributed by atoms with van der Waals surface area (Å²) in [5, 5.41) is 15.6. The summed E-state index contributed by atoms with van der Waals surface area (Å²) in [5.41, 5.74) is 8.33. The number of hydrogen-bond donors (Lipinski definition) is 3. The third-order valence-corrected chi connectivity index (χ3v) is 6.77. The lowest BCUT2D eigenvalue weighted by Crippen LogP contribution is -2.21. The molecular formula is C20H28N4O3S2. The molecule has 0 radical (unpaired) electrons. The molecular weight excluding hydrogens is 408 g/mol. The minimum absolute atomic E-state index is 0.204. The number of nitrogens with one attached hydrogen (secondary N) is 1. The number of aliphatic imine (C=N–C) groups is 1. The second-order valence-corrected chi connectivity index (χ2v) is 9.55. The van der Waals surface area contributed by atoms with Crippen LogP contribution in [0.15, 0.2) is 43.3 Å². The monoisotopic (exact) mass is 436 g/mol. The number of ether oxygens (including phenoxy) is 1. The van der Waals surface area contributed by atoms with Crippen LogP contribution < -0.4 is 11.1 Å². The quantitative estimate of drug-likeness (QED) is 0.214. The van der Waals surface area contributed by atoms with Gasteiger partial charge in [-0.2, -0.15) is 0 Å². The van der Waals surface area contributed by atoms with Gasteiger partial charge in [0.2, 0.25) is 0 Å². The zero-order valence-electron chi connectivity index (χ0n) is 17.1. The van der Waals surface area contributed by atoms with Gasteiger partial charge in [-0.15, -0.1) is 11.3 Å². The van der Waals surface area contributed by atoms with Crippen molar-refractivity contribution < 1.29 is 14.3 Å². The van der Waals surface area contributed by atoms with E-state index in [9.17, 15) is 5.11 Å². The normalized spacial score (nSPS) is 15.4. The summed E-state index contributed by atoms with van der Waals surface area (Å²) in [4.78, 5) is 4.40. The van der Waals surface area contributed by atoms with Gasteiger partial charge < -0.3 is 25.3 Å². The number of aromatic hydroxyl groups is 1. The molecule has 158 valence electrons. The number of methoxy groups -OCH3 is 1. The Morgan fingerprint density at radius 2 is 2.31 bits per heavy atom. The molecule has 1 saturated carbocycles. The van der Waals surface area contributed by atoms with Crippen molar-refractivity contribution in [2.75, 3.05) is 19.5 Å². The molecule has 29 heavy (non-hydrogen) atoms. The topological polar surface area (TPSA) is 96.2 Å². The standard InChI is InChI=1S/C20H28N4O3S2/c1-12(2)13-7-15(27-9-13)8-22-19(21)16(10-26-4)23-17-11-28-20(18(17)25)29-24(3)14-5-6-14/h7,9-12,14,23,25H,5-6,8H2,1-4H3,(H2,21,22)/b16-10+. The molecule has 2 heterocycles. The van der Waals surface area contributed by atoms with E-state index in [2.05, 4.69) is 35.5 Å². The second kappa shape index (κ2) is 9.60. The fourth-order valence-corrected chi connectivity index (χ4v) is 4.68. The third kappa shape index (κ3) is 5.71. The fourth-order valence-electron chi connectivity index (χ4n) is 2.58. The van der Waals surface area contributed by atoms with Gasteiger partial charge in [-0.3, -0.25) is 4.99 Å². The van der Waals surface area contributed by atoms with Crippen LogP contribution in [0.1, 0.15) is 43.9 Å². The van der Waals surface area contributed by atoms with Gasteiger partial charge in [0.1, 0.15) is 27.8 Å². The minimum Gasteiger partial charge on any atom is -0.504 e. The number of amidine groups is 1. The number of rotatable bonds is 10. The van der Waals surface area contributed by atoms with Crippen LogP contribution in [0, 0.1) is 0 Å². The van der Waals surface area contributed by atoms with Gasteiger partial charge in [0.15, 0.2) is 5.75 Å². The lowest BCUT2D eigenvalue weighted by atomic mass is 10.1. The molecule has 0 amide bonds. The number of thiophene rings is 1. The van der Waals surface area contributed by atoms with E-state index in [1.54, 1.807) is 18.2 Å². The second-order valence-electron chi connectivity index (χ2n) is 7.25. The van der Waals surface area contributed by atoms with Gasteiger partial charge in [-0.05, 0) is 49.4 Å². The maximum Gasteiger partial charge on any atom is 0.165 e. The SMILES string of the molecule is CO/C=C(/Nc1csc(SN(C)C2CC2)c1O)C(N)=NCc1cc(C(C)C)co1. The van der Waals surface area contributed by atoms with Crippen molar-refractivity contribution in [2.45, 2.75) is 49.4 Å². The Morgan fingerprint density at radius 1 is 1.55 bits per heavy atom. The maximum absolute atomic E-state index is 10.6. The Kier molecular flexibility index (Phi) is 7.15. The Morgan fingerprint density at radius 3 is 2.93 bits per heavy atom. The lowest BCUT2D eigenvalue weighted by Gasteiger charge is -2.13. The number of nitrogens with two attached hydrogens (primary N) is 1. The Bertz CT molecular complexity index is 884. The largest absolute Gasteiger partial charge is 0.504 e. The van der Waals surface area contributed by atoms with Crippen molar-refractivity contribution in [3.63, 3.8) is 0 Å². The van der Waals surface area contributed by atoms with Crippen molar-refractivity contribution in [3.8, 4) is 5.75 Å². The molecule has 0 spiro atoms. The zero-order valence-corrected chi connectivity index (χ0v) is 18.8. The Hall–Kier alpha value is -2.10. The van der Waals surface area contributed by atoms with Crippen molar-refractivity contribution in [2.24, 2.45) is 10.7 Å². The average Bonchev–Trinajstić information content (AvgIpc) is 3.35. The molecule has 1 fully saturated rings. The highest BCUT2D eigenvalue weighted by Gasteiger charge is 2.28. The van der Waals surface area contributed by atoms with Crippen LogP contribution in [0.5, 0.6) is 5.75 Å². The van der Waals surface area contributed by atoms with E-state index < -0.39 is 0 Å². The molecule has 4 N–H and O–H groups in total. The minimum atomic E-state index is 0.204. The molecule has 0 unspecified atom stereocenters. The maximum atomic E-state index is 10.6. The summed E-state index contributed by atoms with van der Waals surface area (Å²) in [5.74, 6) is 1.61. The van der Waals surface area contributed by atoms with Gasteiger partial charge in [-0.1, -0.05) is 13.8 Å². The van der Waals surface area contributed by atoms with E-state index in [1.807, 2.05) is 11.4 Å². The van der Waals surface area contributed by atoms with Crippen LogP contribution in [-0.2, 0) is 11.3 Å². The van der Waals surface area contributed by atoms with Crippen LogP contribution >= 0.6 is 23.3 Å². The number of nitrogens with zero attached hydrogens (tertiary/aromatic N) is 2. The molecule has 1 aliphatic carbocycles. The average molecular weight is 437 g/mol. The summed E-state index contributed by atoms with van der Waals surface area (Å²) < 4.78 is 13.7. The summed E-state index contributed by atoms with van der Waals surface area (Å²) in [6, 6.07) is 2.58. The molecule has 9 heteroatoms. The van der Waals surface area contributed by atoms with E-state index in [0.29, 0.717) is 29.9 Å². The van der Waals surface area contributed by atoms with Gasteiger partial charge in [-0.25, -0.2) is 4.31 Å². The summed E-state index contributed by atoms with van der Waals surface area (Å²) in [6.45, 7) is 4.54. The third-order valence-electron chi connectivity index (χ3n) is 4.55. The van der Waals surface area contributed by atoms with Crippen LogP contribution in [-0.4, -0.2) is 35.4 Å². The fraction of sp³-hybridized carbons (Fsp3) is 0.450. The number of hydrogen-bond acceptors (Lipinski definition) is 8. The number of anilines is 1. The first kappa shape index (κ1) is 21.6. The summed E-state index contributed by atoms with van der Waals surface area (Å²) in [7, 11) is 3.59. The van der Waals surface area contributed by atoms with E-state index in [4.69, 9.17) is 14.9 Å². The van der Waals surface area contributed by atoms with E-state index in [1.165, 1.54) is 37.6 Å². The predicted molar refractivity (Wildman–Crippen MR) is 119 cm³/mol. The highest BCUT2D eigenvalue weighted by Crippen LogP contribution is 2.45. The van der Waals surface area contributed by atoms with Gasteiger partial charge >= 0.3 is 0 Å². The Labute approximate surface area is 179 Å². The molecule has 3 rings (SSSR count). The van der Waals surface area contributed by atoms with E-state index in [-0.39, 0.29) is 11.6 Å². The summed E-state index contributed by atoms with van der Waals surface area (Å²) >= 11 is 3.04. The predicted octanol–water partition coefficient (Wildman–Crippen LogP) is 4.73. The van der Waals surface area contributed by atoms with E-state index in [0.717, 1.165) is 15.5 Å². The molecule has 0 atom stereocenters. The highest BCUT2D eigenvalue weighted by molar-refractivity contribution is 7.99. The van der Waals surface area contributed by atoms with Crippen molar-refractivity contribution >= 4 is 34.8 Å². The molecule has 1 aliphatic rings. The molecule has 7 nitrogen and oxygen atoms in total. The summed E-state index contributed by atoms with van der Waals surface area (Å²) in [6.07, 6.45) is 5.64. The van der Waals surface area contributed by atoms with Crippen molar-refractivity contribution in [1.82, 2.24) is 4.31 Å². The van der Waals surface area contributed by atoms with Crippen LogP contribution in [0.25, 0.3) is 0 Å². The molecule has 0 aromatic carbocycles. The molecule has 0 bridgehead atoms. The number of furan rings is 1. The van der Waals surface area contributed by atoms with Gasteiger partial charge in [0, 0.05) is 11.4 Å².